The summed E-state index contributed by atoms with van der Waals surface area (Å²) in [7, 11) is 0. The van der Waals surface area contributed by atoms with Gasteiger partial charge in [-0.25, -0.2) is 13.8 Å². The van der Waals surface area contributed by atoms with E-state index in [2.05, 4.69) is 20.6 Å². The third-order valence-corrected chi connectivity index (χ3v) is 3.76. The van der Waals surface area contributed by atoms with Crippen LogP contribution in [0.1, 0.15) is 36.7 Å². The van der Waals surface area contributed by atoms with Gasteiger partial charge >= 0.3 is 0 Å². The fourth-order valence-corrected chi connectivity index (χ4v) is 2.75. The number of aryl methyl sites for hydroxylation is 1. The molecule has 0 bridgehead atoms. The molecule has 0 fully saturated rings. The van der Waals surface area contributed by atoms with Gasteiger partial charge in [-0.3, -0.25) is 4.79 Å². The Hall–Kier alpha value is -2.96. The molecular formula is C19H20F2N4O. The molecule has 0 radical (unpaired) electrons. The SMILES string of the molecule is Cc1c[nH]c2c(Nc3cc(F)cc(F)c3)ncc(C(=O)NC(C)(C)C)c12. The third kappa shape index (κ3) is 3.66. The Bertz CT molecular complexity index is 969. The van der Waals surface area contributed by atoms with Gasteiger partial charge in [-0.2, -0.15) is 0 Å². The summed E-state index contributed by atoms with van der Waals surface area (Å²) in [6.45, 7) is 7.56. The average molecular weight is 358 g/mol. The summed E-state index contributed by atoms with van der Waals surface area (Å²) in [6, 6.07) is 3.14. The van der Waals surface area contributed by atoms with Crippen molar-refractivity contribution in [2.24, 2.45) is 0 Å². The Morgan fingerprint density at radius 2 is 1.81 bits per heavy atom. The van der Waals surface area contributed by atoms with Crippen LogP contribution in [0.15, 0.2) is 30.6 Å². The Labute approximate surface area is 149 Å². The molecule has 5 nitrogen and oxygen atoms in total. The minimum absolute atomic E-state index is 0.232. The van der Waals surface area contributed by atoms with Crippen molar-refractivity contribution in [2.45, 2.75) is 33.2 Å². The Balaban J connectivity index is 2.04. The molecular weight excluding hydrogens is 338 g/mol. The van der Waals surface area contributed by atoms with E-state index in [1.165, 1.54) is 18.3 Å². The normalized spacial score (nSPS) is 11.6. The summed E-state index contributed by atoms with van der Waals surface area (Å²) in [5.74, 6) is -1.23. The van der Waals surface area contributed by atoms with Crippen LogP contribution in [0, 0.1) is 18.6 Å². The summed E-state index contributed by atoms with van der Waals surface area (Å²) in [5.41, 5.74) is 1.74. The molecule has 136 valence electrons. The van der Waals surface area contributed by atoms with Crippen molar-refractivity contribution < 1.29 is 13.6 Å². The van der Waals surface area contributed by atoms with Gasteiger partial charge in [0.2, 0.25) is 0 Å². The van der Waals surface area contributed by atoms with E-state index in [0.29, 0.717) is 22.3 Å². The van der Waals surface area contributed by atoms with Gasteiger partial charge in [0.1, 0.15) is 11.6 Å². The maximum Gasteiger partial charge on any atom is 0.253 e. The van der Waals surface area contributed by atoms with Crippen molar-refractivity contribution in [1.29, 1.82) is 0 Å². The maximum atomic E-state index is 13.4. The molecule has 3 aromatic rings. The zero-order valence-electron chi connectivity index (χ0n) is 15.0. The maximum absolute atomic E-state index is 13.4. The van der Waals surface area contributed by atoms with Gasteiger partial charge in [0.25, 0.3) is 5.91 Å². The van der Waals surface area contributed by atoms with E-state index in [1.54, 1.807) is 6.20 Å². The number of benzene rings is 1. The summed E-state index contributed by atoms with van der Waals surface area (Å²) in [6.07, 6.45) is 3.22. The zero-order valence-corrected chi connectivity index (χ0v) is 15.0. The number of hydrogen-bond acceptors (Lipinski definition) is 3. The number of carbonyl (C=O) groups excluding carboxylic acids is 1. The topological polar surface area (TPSA) is 69.8 Å². The number of rotatable bonds is 3. The number of carbonyl (C=O) groups is 1. The Morgan fingerprint density at radius 1 is 1.15 bits per heavy atom. The first-order chi connectivity index (χ1) is 12.1. The lowest BCUT2D eigenvalue weighted by atomic mass is 10.1. The fourth-order valence-electron chi connectivity index (χ4n) is 2.75. The molecule has 2 heterocycles. The molecule has 0 saturated carbocycles. The lowest BCUT2D eigenvalue weighted by Crippen LogP contribution is -2.40. The molecule has 0 aliphatic carbocycles. The van der Waals surface area contributed by atoms with Gasteiger partial charge in [0, 0.05) is 35.1 Å². The highest BCUT2D eigenvalue weighted by atomic mass is 19.1. The predicted molar refractivity (Wildman–Crippen MR) is 97.7 cm³/mol. The second-order valence-electron chi connectivity index (χ2n) is 7.23. The smallest absolute Gasteiger partial charge is 0.253 e. The molecule has 0 spiro atoms. The van der Waals surface area contributed by atoms with Crippen molar-refractivity contribution in [1.82, 2.24) is 15.3 Å². The molecule has 0 aliphatic heterocycles. The van der Waals surface area contributed by atoms with E-state index in [9.17, 15) is 13.6 Å². The molecule has 26 heavy (non-hydrogen) atoms. The van der Waals surface area contributed by atoms with Gasteiger partial charge in [0.15, 0.2) is 5.82 Å². The number of pyridine rings is 1. The number of nitrogens with one attached hydrogen (secondary N) is 3. The van der Waals surface area contributed by atoms with Crippen LogP contribution in [0.3, 0.4) is 0 Å². The zero-order chi connectivity index (χ0) is 19.1. The molecule has 3 rings (SSSR count). The highest BCUT2D eigenvalue weighted by Crippen LogP contribution is 2.29. The molecule has 2 aromatic heterocycles. The highest BCUT2D eigenvalue weighted by Gasteiger charge is 2.21. The summed E-state index contributed by atoms with van der Waals surface area (Å²) >= 11 is 0. The van der Waals surface area contributed by atoms with Crippen LogP contribution in [0.25, 0.3) is 10.9 Å². The average Bonchev–Trinajstić information content (AvgIpc) is 2.87. The van der Waals surface area contributed by atoms with Crippen LogP contribution >= 0.6 is 0 Å². The number of hydrogen-bond donors (Lipinski definition) is 3. The highest BCUT2D eigenvalue weighted by molar-refractivity contribution is 6.10. The summed E-state index contributed by atoms with van der Waals surface area (Å²) in [5, 5.41) is 6.53. The van der Waals surface area contributed by atoms with Gasteiger partial charge in [-0.1, -0.05) is 0 Å². The van der Waals surface area contributed by atoms with Crippen LogP contribution in [0.4, 0.5) is 20.3 Å². The van der Waals surface area contributed by atoms with E-state index >= 15 is 0 Å². The van der Waals surface area contributed by atoms with Gasteiger partial charge in [-0.15, -0.1) is 0 Å². The van der Waals surface area contributed by atoms with E-state index in [1.807, 2.05) is 27.7 Å². The monoisotopic (exact) mass is 358 g/mol. The predicted octanol–water partition coefficient (Wildman–Crippen LogP) is 4.42. The number of amides is 1. The van der Waals surface area contributed by atoms with Crippen molar-refractivity contribution in [3.05, 3.63) is 53.4 Å². The third-order valence-electron chi connectivity index (χ3n) is 3.76. The van der Waals surface area contributed by atoms with Crippen molar-refractivity contribution in [3.63, 3.8) is 0 Å². The lowest BCUT2D eigenvalue weighted by molar-refractivity contribution is 0.0921. The fraction of sp³-hybridized carbons (Fsp3) is 0.263. The number of nitrogens with zero attached hydrogens (tertiary/aromatic N) is 1. The van der Waals surface area contributed by atoms with Crippen molar-refractivity contribution in [3.8, 4) is 0 Å². The first-order valence-electron chi connectivity index (χ1n) is 8.16. The minimum Gasteiger partial charge on any atom is -0.358 e. The van der Waals surface area contributed by atoms with Gasteiger partial charge in [0.05, 0.1) is 11.1 Å². The minimum atomic E-state index is -0.687. The molecule has 7 heteroatoms. The van der Waals surface area contributed by atoms with Crippen LogP contribution in [0.5, 0.6) is 0 Å². The van der Waals surface area contributed by atoms with Crippen LogP contribution < -0.4 is 10.6 Å². The number of fused-ring (bicyclic) bond motifs is 1. The Morgan fingerprint density at radius 3 is 2.42 bits per heavy atom. The van der Waals surface area contributed by atoms with Crippen LogP contribution in [-0.2, 0) is 0 Å². The van der Waals surface area contributed by atoms with Gasteiger partial charge in [-0.05, 0) is 45.4 Å². The molecule has 0 aliphatic rings. The molecule has 0 atom stereocenters. The number of halogens is 2. The quantitative estimate of drug-likeness (QED) is 0.649. The number of aromatic amines is 1. The van der Waals surface area contributed by atoms with Crippen molar-refractivity contribution >= 4 is 28.3 Å². The molecule has 1 aromatic carbocycles. The Kier molecular flexibility index (Phi) is 4.39. The molecule has 0 saturated heterocycles. The number of anilines is 2. The second kappa shape index (κ2) is 6.40. The van der Waals surface area contributed by atoms with E-state index < -0.39 is 11.6 Å². The van der Waals surface area contributed by atoms with E-state index in [4.69, 9.17) is 0 Å². The molecule has 3 N–H and O–H groups in total. The molecule has 1 amide bonds. The van der Waals surface area contributed by atoms with E-state index in [-0.39, 0.29) is 17.1 Å². The number of aromatic nitrogens is 2. The van der Waals surface area contributed by atoms with Crippen LogP contribution in [-0.4, -0.2) is 21.4 Å². The van der Waals surface area contributed by atoms with Crippen molar-refractivity contribution in [2.75, 3.05) is 5.32 Å². The first kappa shape index (κ1) is 17.8. The summed E-state index contributed by atoms with van der Waals surface area (Å²) in [4.78, 5) is 19.9. The van der Waals surface area contributed by atoms with Crippen LogP contribution in [0.2, 0.25) is 0 Å². The largest absolute Gasteiger partial charge is 0.358 e. The number of H-pyrrole nitrogens is 1. The first-order valence-corrected chi connectivity index (χ1v) is 8.16. The summed E-state index contributed by atoms with van der Waals surface area (Å²) < 4.78 is 26.8. The standard InChI is InChI=1S/C19H20F2N4O/c1-10-8-22-16-15(10)14(18(26)25-19(2,3)4)9-23-17(16)24-13-6-11(20)5-12(21)7-13/h5-9,22H,1-4H3,(H,23,24)(H,25,26). The van der Waals surface area contributed by atoms with E-state index in [0.717, 1.165) is 11.6 Å². The molecule has 0 unspecified atom stereocenters. The second-order valence-corrected chi connectivity index (χ2v) is 7.23. The van der Waals surface area contributed by atoms with Gasteiger partial charge < -0.3 is 15.6 Å². The lowest BCUT2D eigenvalue weighted by Gasteiger charge is -2.21.